The summed E-state index contributed by atoms with van der Waals surface area (Å²) in [6.07, 6.45) is 1.20. The van der Waals surface area contributed by atoms with Crippen LogP contribution < -0.4 is 5.56 Å². The molecule has 2 aromatic rings. The molecule has 0 aliphatic heterocycles. The number of fused-ring (bicyclic) bond motifs is 1. The third-order valence-corrected chi connectivity index (χ3v) is 2.33. The third-order valence-electron chi connectivity index (χ3n) is 2.09. The number of aliphatic carboxylic acids is 1. The fraction of sp³-hybridized carbons (Fsp3) is 0.100. The maximum absolute atomic E-state index is 11.8. The Bertz CT molecular complexity index is 621. The molecule has 0 amide bonds. The first-order valence-electron chi connectivity index (χ1n) is 4.44. The first-order chi connectivity index (χ1) is 7.58. The molecule has 1 aromatic carbocycles. The monoisotopic (exact) mass is 238 g/mol. The maximum atomic E-state index is 11.8. The molecule has 1 aromatic heterocycles. The SMILES string of the molecule is O=C(O)Cn1cnc2cc(Cl)ccc2c1=O. The van der Waals surface area contributed by atoms with Gasteiger partial charge in [0.25, 0.3) is 5.56 Å². The van der Waals surface area contributed by atoms with Crippen LogP contribution in [0.5, 0.6) is 0 Å². The molecule has 0 spiro atoms. The topological polar surface area (TPSA) is 72.2 Å². The van der Waals surface area contributed by atoms with Gasteiger partial charge in [0, 0.05) is 5.02 Å². The summed E-state index contributed by atoms with van der Waals surface area (Å²) in [7, 11) is 0. The molecule has 5 nitrogen and oxygen atoms in total. The molecule has 0 radical (unpaired) electrons. The van der Waals surface area contributed by atoms with Gasteiger partial charge < -0.3 is 5.11 Å². The van der Waals surface area contributed by atoms with Gasteiger partial charge in [-0.25, -0.2) is 4.98 Å². The molecule has 1 N–H and O–H groups in total. The fourth-order valence-corrected chi connectivity index (χ4v) is 1.56. The van der Waals surface area contributed by atoms with E-state index < -0.39 is 12.5 Å². The summed E-state index contributed by atoms with van der Waals surface area (Å²) in [6, 6.07) is 4.66. The van der Waals surface area contributed by atoms with Crippen LogP contribution in [-0.4, -0.2) is 20.6 Å². The Morgan fingerprint density at radius 3 is 2.94 bits per heavy atom. The van der Waals surface area contributed by atoms with Crippen molar-refractivity contribution in [2.75, 3.05) is 0 Å². The van der Waals surface area contributed by atoms with Crippen LogP contribution in [0.3, 0.4) is 0 Å². The van der Waals surface area contributed by atoms with E-state index in [-0.39, 0.29) is 5.56 Å². The van der Waals surface area contributed by atoms with E-state index in [1.165, 1.54) is 12.4 Å². The van der Waals surface area contributed by atoms with Crippen LogP contribution >= 0.6 is 11.6 Å². The highest BCUT2D eigenvalue weighted by atomic mass is 35.5. The van der Waals surface area contributed by atoms with Crippen molar-refractivity contribution in [3.05, 3.63) is 39.9 Å². The molecule has 82 valence electrons. The predicted molar refractivity (Wildman–Crippen MR) is 58.6 cm³/mol. The number of rotatable bonds is 2. The van der Waals surface area contributed by atoms with Gasteiger partial charge in [0.2, 0.25) is 0 Å². The van der Waals surface area contributed by atoms with Crippen LogP contribution in [-0.2, 0) is 11.3 Å². The molecule has 0 saturated carbocycles. The van der Waals surface area contributed by atoms with Crippen LogP contribution in [0.15, 0.2) is 29.3 Å². The zero-order valence-electron chi connectivity index (χ0n) is 8.05. The highest BCUT2D eigenvalue weighted by Crippen LogP contribution is 2.13. The molecule has 0 bridgehead atoms. The number of halogens is 1. The second kappa shape index (κ2) is 3.94. The second-order valence-electron chi connectivity index (χ2n) is 3.23. The molecule has 1 heterocycles. The Morgan fingerprint density at radius 2 is 2.25 bits per heavy atom. The standard InChI is InChI=1S/C10H7ClN2O3/c11-6-1-2-7-8(3-6)12-5-13(10(7)16)4-9(14)15/h1-3,5H,4H2,(H,14,15). The highest BCUT2D eigenvalue weighted by Gasteiger charge is 2.06. The highest BCUT2D eigenvalue weighted by molar-refractivity contribution is 6.31. The van der Waals surface area contributed by atoms with Gasteiger partial charge in [-0.15, -0.1) is 0 Å². The Morgan fingerprint density at radius 1 is 1.50 bits per heavy atom. The van der Waals surface area contributed by atoms with Crippen LogP contribution in [0.2, 0.25) is 5.02 Å². The Balaban J connectivity index is 2.66. The van der Waals surface area contributed by atoms with Crippen molar-refractivity contribution in [1.29, 1.82) is 0 Å². The molecule has 0 aliphatic rings. The molecule has 0 atom stereocenters. The summed E-state index contributed by atoms with van der Waals surface area (Å²) in [5, 5.41) is 9.44. The molecular formula is C10H7ClN2O3. The fourth-order valence-electron chi connectivity index (χ4n) is 1.39. The Labute approximate surface area is 94.9 Å². The minimum atomic E-state index is -1.09. The average Bonchev–Trinajstić information content (AvgIpc) is 2.22. The quantitative estimate of drug-likeness (QED) is 0.851. The molecule has 0 unspecified atom stereocenters. The number of nitrogens with zero attached hydrogens (tertiary/aromatic N) is 2. The van der Waals surface area contributed by atoms with Gasteiger partial charge in [0.1, 0.15) is 6.54 Å². The lowest BCUT2D eigenvalue weighted by Crippen LogP contribution is -2.24. The maximum Gasteiger partial charge on any atom is 0.323 e. The van der Waals surface area contributed by atoms with Crippen molar-refractivity contribution in [1.82, 2.24) is 9.55 Å². The van der Waals surface area contributed by atoms with E-state index in [2.05, 4.69) is 4.98 Å². The minimum Gasteiger partial charge on any atom is -0.480 e. The number of hydrogen-bond donors (Lipinski definition) is 1. The Hall–Kier alpha value is -1.88. The zero-order chi connectivity index (χ0) is 11.7. The number of benzene rings is 1. The van der Waals surface area contributed by atoms with E-state index in [1.807, 2.05) is 0 Å². The lowest BCUT2D eigenvalue weighted by molar-refractivity contribution is -0.137. The average molecular weight is 239 g/mol. The van der Waals surface area contributed by atoms with E-state index in [4.69, 9.17) is 16.7 Å². The van der Waals surface area contributed by atoms with Gasteiger partial charge in [0.05, 0.1) is 17.2 Å². The summed E-state index contributed by atoms with van der Waals surface area (Å²) < 4.78 is 1.04. The first kappa shape index (κ1) is 10.6. The van der Waals surface area contributed by atoms with Crippen LogP contribution in [0.4, 0.5) is 0 Å². The van der Waals surface area contributed by atoms with Crippen LogP contribution in [0.25, 0.3) is 10.9 Å². The van der Waals surface area contributed by atoms with Gasteiger partial charge in [0.15, 0.2) is 0 Å². The summed E-state index contributed by atoms with van der Waals surface area (Å²) >= 11 is 5.75. The second-order valence-corrected chi connectivity index (χ2v) is 3.67. The largest absolute Gasteiger partial charge is 0.480 e. The van der Waals surface area contributed by atoms with Gasteiger partial charge in [-0.1, -0.05) is 11.6 Å². The number of aromatic nitrogens is 2. The summed E-state index contributed by atoms with van der Waals surface area (Å²) in [5.41, 5.74) is 0.0724. The van der Waals surface area contributed by atoms with E-state index in [0.717, 1.165) is 4.57 Å². The lowest BCUT2D eigenvalue weighted by Gasteiger charge is -2.03. The smallest absolute Gasteiger partial charge is 0.323 e. The Kier molecular flexibility index (Phi) is 2.62. The first-order valence-corrected chi connectivity index (χ1v) is 4.82. The van der Waals surface area contributed by atoms with Gasteiger partial charge >= 0.3 is 5.97 Å². The van der Waals surface area contributed by atoms with E-state index >= 15 is 0 Å². The summed E-state index contributed by atoms with van der Waals surface area (Å²) in [5.74, 6) is -1.09. The van der Waals surface area contributed by atoms with Crippen molar-refractivity contribution in [3.63, 3.8) is 0 Å². The number of carboxylic acid groups (broad SMARTS) is 1. The summed E-state index contributed by atoms with van der Waals surface area (Å²) in [4.78, 5) is 26.3. The lowest BCUT2D eigenvalue weighted by atomic mass is 10.2. The number of carbonyl (C=O) groups is 1. The minimum absolute atomic E-state index is 0.355. The zero-order valence-corrected chi connectivity index (χ0v) is 8.81. The van der Waals surface area contributed by atoms with Gasteiger partial charge in [-0.3, -0.25) is 14.2 Å². The van der Waals surface area contributed by atoms with Gasteiger partial charge in [-0.2, -0.15) is 0 Å². The number of carboxylic acids is 1. The third kappa shape index (κ3) is 1.90. The van der Waals surface area contributed by atoms with Crippen molar-refractivity contribution < 1.29 is 9.90 Å². The van der Waals surface area contributed by atoms with Crippen molar-refractivity contribution in [2.24, 2.45) is 0 Å². The van der Waals surface area contributed by atoms with E-state index in [1.54, 1.807) is 12.1 Å². The van der Waals surface area contributed by atoms with Crippen molar-refractivity contribution in [2.45, 2.75) is 6.54 Å². The van der Waals surface area contributed by atoms with Gasteiger partial charge in [-0.05, 0) is 18.2 Å². The summed E-state index contributed by atoms with van der Waals surface area (Å²) in [6.45, 7) is -0.398. The molecule has 6 heteroatoms. The normalized spacial score (nSPS) is 10.6. The molecule has 16 heavy (non-hydrogen) atoms. The van der Waals surface area contributed by atoms with Crippen molar-refractivity contribution >= 4 is 28.5 Å². The molecule has 0 aliphatic carbocycles. The van der Waals surface area contributed by atoms with E-state index in [9.17, 15) is 9.59 Å². The molecule has 2 rings (SSSR count). The van der Waals surface area contributed by atoms with Crippen molar-refractivity contribution in [3.8, 4) is 0 Å². The predicted octanol–water partition coefficient (Wildman–Crippen LogP) is 1.13. The number of hydrogen-bond acceptors (Lipinski definition) is 3. The molecule has 0 saturated heterocycles. The molecule has 0 fully saturated rings. The molecular weight excluding hydrogens is 232 g/mol. The van der Waals surface area contributed by atoms with E-state index in [0.29, 0.717) is 15.9 Å². The van der Waals surface area contributed by atoms with Crippen LogP contribution in [0.1, 0.15) is 0 Å². The van der Waals surface area contributed by atoms with Crippen LogP contribution in [0, 0.1) is 0 Å².